The van der Waals surface area contributed by atoms with Crippen molar-refractivity contribution in [2.75, 3.05) is 0 Å². The molecule has 1 unspecified atom stereocenters. The Kier molecular flexibility index (Phi) is 7.42. The Bertz CT molecular complexity index is 1640. The minimum absolute atomic E-state index is 0.175. The van der Waals surface area contributed by atoms with Crippen LogP contribution in [-0.2, 0) is 18.6 Å². The number of aryl methyl sites for hydroxylation is 2. The van der Waals surface area contributed by atoms with E-state index in [9.17, 15) is 4.79 Å². The zero-order chi connectivity index (χ0) is 27.7. The van der Waals surface area contributed by atoms with Gasteiger partial charge in [-0.05, 0) is 97.0 Å². The molecule has 0 fully saturated rings. The van der Waals surface area contributed by atoms with Gasteiger partial charge >= 0.3 is 0 Å². The highest BCUT2D eigenvalue weighted by Crippen LogP contribution is 2.33. The van der Waals surface area contributed by atoms with E-state index >= 15 is 0 Å². The van der Waals surface area contributed by atoms with Crippen molar-refractivity contribution in [3.63, 3.8) is 0 Å². The van der Waals surface area contributed by atoms with Crippen LogP contribution in [0.2, 0.25) is 5.02 Å². The van der Waals surface area contributed by atoms with Crippen LogP contribution in [0, 0.1) is 13.8 Å². The third-order valence-electron chi connectivity index (χ3n) is 7.65. The normalized spacial score (nSPS) is 12.9. The predicted molar refractivity (Wildman–Crippen MR) is 153 cm³/mol. The molecule has 9 heteroatoms. The maximum atomic E-state index is 13.9. The first kappa shape index (κ1) is 26.8. The Morgan fingerprint density at radius 1 is 1.10 bits per heavy atom. The van der Waals surface area contributed by atoms with Crippen LogP contribution in [0.4, 0.5) is 0 Å². The summed E-state index contributed by atoms with van der Waals surface area (Å²) in [7, 11) is 0. The summed E-state index contributed by atoms with van der Waals surface area (Å²) in [5.41, 5.74) is 4.07. The molecule has 2 aromatic carbocycles. The van der Waals surface area contributed by atoms with Gasteiger partial charge in [0.1, 0.15) is 11.8 Å². The molecule has 0 saturated carbocycles. The summed E-state index contributed by atoms with van der Waals surface area (Å²) >= 11 is 6.19. The summed E-state index contributed by atoms with van der Waals surface area (Å²) in [5, 5.41) is 14.6. The smallest absolute Gasteiger partial charge is 0.253 e. The number of benzene rings is 2. The third kappa shape index (κ3) is 5.40. The first-order chi connectivity index (χ1) is 18.7. The summed E-state index contributed by atoms with van der Waals surface area (Å²) in [5.74, 6) is 1.36. The molecule has 39 heavy (non-hydrogen) atoms. The number of hydrogen-bond acceptors (Lipinski definition) is 6. The summed E-state index contributed by atoms with van der Waals surface area (Å²) < 4.78 is 7.61. The Morgan fingerprint density at radius 3 is 2.56 bits per heavy atom. The fourth-order valence-corrected chi connectivity index (χ4v) is 4.98. The molecule has 5 rings (SSSR count). The Hall–Kier alpha value is -3.75. The van der Waals surface area contributed by atoms with Crippen molar-refractivity contribution in [3.05, 3.63) is 110 Å². The number of fused-ring (bicyclic) bond motifs is 1. The number of halogens is 1. The topological polar surface area (TPSA) is 92.8 Å². The van der Waals surface area contributed by atoms with Crippen molar-refractivity contribution in [2.45, 2.75) is 65.7 Å². The molecule has 0 amide bonds. The number of pyridine rings is 1. The SMILES string of the molecule is CCC(C)(C)n1nnnc1C(c1cc2ccc(C)c(C)c2[nH]c1=O)N(Cc1ccc(Cl)cc1)Cc1ccco1. The molecule has 0 spiro atoms. The van der Waals surface area contributed by atoms with Crippen LogP contribution < -0.4 is 5.56 Å². The Morgan fingerprint density at radius 2 is 1.87 bits per heavy atom. The summed E-state index contributed by atoms with van der Waals surface area (Å²) in [4.78, 5) is 19.2. The first-order valence-corrected chi connectivity index (χ1v) is 13.5. The minimum atomic E-state index is -0.568. The highest BCUT2D eigenvalue weighted by atomic mass is 35.5. The lowest BCUT2D eigenvalue weighted by molar-refractivity contribution is 0.168. The van der Waals surface area contributed by atoms with E-state index in [1.807, 2.05) is 67.1 Å². The van der Waals surface area contributed by atoms with Gasteiger partial charge in [-0.1, -0.05) is 42.8 Å². The fraction of sp³-hybridized carbons (Fsp3) is 0.333. The molecular weight excluding hydrogens is 512 g/mol. The van der Waals surface area contributed by atoms with Crippen LogP contribution >= 0.6 is 11.6 Å². The maximum absolute atomic E-state index is 13.9. The standard InChI is InChI=1S/C30H33ClN6O2/c1-6-30(4,5)37-28(33-34-35-37)27(25-16-22-12-9-19(2)20(3)26(22)32-29(25)38)36(18-24-8-7-15-39-24)17-21-10-13-23(31)14-11-21/h7-16,27H,6,17-18H2,1-5H3,(H,32,38). The van der Waals surface area contributed by atoms with Gasteiger partial charge < -0.3 is 9.40 Å². The van der Waals surface area contributed by atoms with Gasteiger partial charge in [0.15, 0.2) is 5.82 Å². The van der Waals surface area contributed by atoms with E-state index in [4.69, 9.17) is 16.0 Å². The van der Waals surface area contributed by atoms with Crippen molar-refractivity contribution in [3.8, 4) is 0 Å². The number of nitrogens with one attached hydrogen (secondary N) is 1. The zero-order valence-electron chi connectivity index (χ0n) is 22.9. The van der Waals surface area contributed by atoms with Crippen molar-refractivity contribution in [1.82, 2.24) is 30.1 Å². The lowest BCUT2D eigenvalue weighted by Crippen LogP contribution is -2.38. The van der Waals surface area contributed by atoms with Gasteiger partial charge in [-0.2, -0.15) is 0 Å². The zero-order valence-corrected chi connectivity index (χ0v) is 23.7. The molecule has 0 radical (unpaired) electrons. The first-order valence-electron chi connectivity index (χ1n) is 13.1. The number of tetrazole rings is 1. The van der Waals surface area contributed by atoms with E-state index in [2.05, 4.69) is 52.2 Å². The maximum Gasteiger partial charge on any atom is 0.253 e. The third-order valence-corrected chi connectivity index (χ3v) is 7.91. The minimum Gasteiger partial charge on any atom is -0.468 e. The molecule has 5 aromatic rings. The molecule has 8 nitrogen and oxygen atoms in total. The highest BCUT2D eigenvalue weighted by Gasteiger charge is 2.35. The second kappa shape index (κ2) is 10.8. The molecule has 3 aromatic heterocycles. The monoisotopic (exact) mass is 544 g/mol. The quantitative estimate of drug-likeness (QED) is 0.233. The Labute approximate surface area is 232 Å². The van der Waals surface area contributed by atoms with Crippen molar-refractivity contribution < 1.29 is 4.42 Å². The van der Waals surface area contributed by atoms with E-state index in [1.165, 1.54) is 0 Å². The highest BCUT2D eigenvalue weighted by molar-refractivity contribution is 6.30. The average molecular weight is 545 g/mol. The molecular formula is C30H33ClN6O2. The Balaban J connectivity index is 1.74. The number of H-pyrrole nitrogens is 1. The molecule has 0 aliphatic rings. The second-order valence-electron chi connectivity index (χ2n) is 10.7. The van der Waals surface area contributed by atoms with E-state index in [0.29, 0.717) is 29.5 Å². The van der Waals surface area contributed by atoms with Crippen LogP contribution in [0.25, 0.3) is 10.9 Å². The second-order valence-corrected chi connectivity index (χ2v) is 11.1. The van der Waals surface area contributed by atoms with E-state index in [-0.39, 0.29) is 11.1 Å². The van der Waals surface area contributed by atoms with Crippen molar-refractivity contribution in [1.29, 1.82) is 0 Å². The lowest BCUT2D eigenvalue weighted by atomic mass is 9.97. The van der Waals surface area contributed by atoms with Crippen LogP contribution in [-0.4, -0.2) is 30.1 Å². The van der Waals surface area contributed by atoms with E-state index < -0.39 is 6.04 Å². The summed E-state index contributed by atoms with van der Waals surface area (Å²) in [6, 6.07) is 17.0. The number of hydrogen-bond donors (Lipinski definition) is 1. The van der Waals surface area contributed by atoms with Crippen molar-refractivity contribution >= 4 is 22.5 Å². The van der Waals surface area contributed by atoms with E-state index in [0.717, 1.165) is 39.8 Å². The molecule has 3 heterocycles. The van der Waals surface area contributed by atoms with Crippen LogP contribution in [0.3, 0.4) is 0 Å². The van der Waals surface area contributed by atoms with Crippen LogP contribution in [0.15, 0.2) is 70.1 Å². The largest absolute Gasteiger partial charge is 0.468 e. The van der Waals surface area contributed by atoms with Gasteiger partial charge in [-0.25, -0.2) is 4.68 Å². The van der Waals surface area contributed by atoms with Gasteiger partial charge in [-0.3, -0.25) is 9.69 Å². The van der Waals surface area contributed by atoms with Gasteiger partial charge in [0.05, 0.1) is 23.9 Å². The average Bonchev–Trinajstić information content (AvgIpc) is 3.62. The molecule has 0 aliphatic heterocycles. The van der Waals surface area contributed by atoms with Crippen molar-refractivity contribution in [2.24, 2.45) is 0 Å². The number of aromatic nitrogens is 5. The molecule has 1 atom stereocenters. The lowest BCUT2D eigenvalue weighted by Gasteiger charge is -2.33. The molecule has 0 bridgehead atoms. The van der Waals surface area contributed by atoms with E-state index in [1.54, 1.807) is 6.26 Å². The fourth-order valence-electron chi connectivity index (χ4n) is 4.85. The molecule has 0 aliphatic carbocycles. The molecule has 0 saturated heterocycles. The van der Waals surface area contributed by atoms with Gasteiger partial charge in [0.25, 0.3) is 5.56 Å². The predicted octanol–water partition coefficient (Wildman–Crippen LogP) is 6.31. The van der Waals surface area contributed by atoms with Gasteiger partial charge in [0.2, 0.25) is 0 Å². The van der Waals surface area contributed by atoms with Crippen LogP contribution in [0.1, 0.15) is 67.1 Å². The number of aromatic amines is 1. The number of furan rings is 1. The van der Waals surface area contributed by atoms with Crippen LogP contribution in [0.5, 0.6) is 0 Å². The molecule has 202 valence electrons. The number of nitrogens with zero attached hydrogens (tertiary/aromatic N) is 5. The molecule has 1 N–H and O–H groups in total. The number of rotatable bonds is 9. The van der Waals surface area contributed by atoms with Gasteiger partial charge in [0, 0.05) is 17.1 Å². The summed E-state index contributed by atoms with van der Waals surface area (Å²) in [6.45, 7) is 11.3. The van der Waals surface area contributed by atoms with Gasteiger partial charge in [-0.15, -0.1) is 5.10 Å². The summed E-state index contributed by atoms with van der Waals surface area (Å²) in [6.07, 6.45) is 2.46.